The molecule has 1 heteroatoms. The summed E-state index contributed by atoms with van der Waals surface area (Å²) in [6, 6.07) is 0.702. The molecule has 1 N–H and O–H groups in total. The van der Waals surface area contributed by atoms with Crippen LogP contribution in [-0.4, -0.2) is 12.6 Å². The van der Waals surface area contributed by atoms with Gasteiger partial charge in [-0.15, -0.1) is 6.58 Å². The van der Waals surface area contributed by atoms with Crippen molar-refractivity contribution in [2.75, 3.05) is 6.54 Å². The predicted molar refractivity (Wildman–Crippen MR) is 65.7 cm³/mol. The van der Waals surface area contributed by atoms with Gasteiger partial charge in [-0.1, -0.05) is 38.7 Å². The number of hydrogen-bond acceptors (Lipinski definition) is 1. The average Bonchev–Trinajstić information content (AvgIpc) is 2.17. The van der Waals surface area contributed by atoms with Crippen LogP contribution < -0.4 is 5.32 Å². The number of unbranched alkanes of at least 4 members (excludes halogenated alkanes) is 5. The Bertz CT molecular complexity index is 120. The van der Waals surface area contributed by atoms with Gasteiger partial charge in [-0.25, -0.2) is 0 Å². The summed E-state index contributed by atoms with van der Waals surface area (Å²) < 4.78 is 0. The molecule has 1 nitrogen and oxygen atoms in total. The Kier molecular flexibility index (Phi) is 10.5. The lowest BCUT2D eigenvalue weighted by Gasteiger charge is -2.11. The summed E-state index contributed by atoms with van der Waals surface area (Å²) in [5.74, 6) is 0. The fraction of sp³-hybridized carbons (Fsp3) is 0.846. The van der Waals surface area contributed by atoms with Gasteiger partial charge >= 0.3 is 0 Å². The summed E-state index contributed by atoms with van der Waals surface area (Å²) in [5.41, 5.74) is 0. The van der Waals surface area contributed by atoms with E-state index in [0.717, 1.165) is 6.54 Å². The smallest absolute Gasteiger partial charge is 0.00386 e. The molecule has 0 spiro atoms. The summed E-state index contributed by atoms with van der Waals surface area (Å²) >= 11 is 0. The molecule has 0 heterocycles. The Hall–Kier alpha value is -0.300. The minimum Gasteiger partial charge on any atom is -0.315 e. The van der Waals surface area contributed by atoms with Gasteiger partial charge in [0.1, 0.15) is 0 Å². The summed E-state index contributed by atoms with van der Waals surface area (Å²) in [6.45, 7) is 9.28. The van der Waals surface area contributed by atoms with Crippen molar-refractivity contribution in [3.05, 3.63) is 12.7 Å². The minimum absolute atomic E-state index is 0.702. The summed E-state index contributed by atoms with van der Waals surface area (Å²) in [5, 5.41) is 3.44. The molecule has 0 aromatic heterocycles. The summed E-state index contributed by atoms with van der Waals surface area (Å²) in [6.07, 6.45) is 11.4. The van der Waals surface area contributed by atoms with E-state index in [1.54, 1.807) is 0 Å². The quantitative estimate of drug-likeness (QED) is 0.414. The predicted octanol–water partition coefficient (Wildman–Crippen LogP) is 3.90. The number of hydrogen-bond donors (Lipinski definition) is 1. The molecular formula is C13H27N. The fourth-order valence-corrected chi connectivity index (χ4v) is 1.72. The molecule has 0 fully saturated rings. The second kappa shape index (κ2) is 10.8. The number of nitrogens with one attached hydrogen (secondary N) is 1. The second-order valence-electron chi connectivity index (χ2n) is 4.09. The molecule has 0 aliphatic rings. The zero-order valence-corrected chi connectivity index (χ0v) is 10.0. The molecular weight excluding hydrogens is 170 g/mol. The van der Waals surface area contributed by atoms with Crippen LogP contribution in [0.15, 0.2) is 12.7 Å². The van der Waals surface area contributed by atoms with Gasteiger partial charge in [-0.3, -0.25) is 0 Å². The second-order valence-corrected chi connectivity index (χ2v) is 4.09. The van der Waals surface area contributed by atoms with Crippen LogP contribution in [-0.2, 0) is 0 Å². The van der Waals surface area contributed by atoms with Crippen molar-refractivity contribution in [2.24, 2.45) is 0 Å². The molecule has 14 heavy (non-hydrogen) atoms. The molecule has 0 saturated heterocycles. The van der Waals surface area contributed by atoms with Crippen molar-refractivity contribution >= 4 is 0 Å². The van der Waals surface area contributed by atoms with Gasteiger partial charge in [0.25, 0.3) is 0 Å². The van der Waals surface area contributed by atoms with Crippen molar-refractivity contribution in [3.8, 4) is 0 Å². The van der Waals surface area contributed by atoms with E-state index < -0.39 is 0 Å². The van der Waals surface area contributed by atoms with Gasteiger partial charge < -0.3 is 5.32 Å². The molecule has 1 atom stereocenters. The highest BCUT2D eigenvalue weighted by atomic mass is 14.9. The Morgan fingerprint density at radius 3 is 2.43 bits per heavy atom. The Morgan fingerprint density at radius 2 is 1.79 bits per heavy atom. The van der Waals surface area contributed by atoms with E-state index in [9.17, 15) is 0 Å². The molecule has 1 unspecified atom stereocenters. The molecule has 0 amide bonds. The lowest BCUT2D eigenvalue weighted by molar-refractivity contribution is 0.490. The molecule has 0 radical (unpaired) electrons. The van der Waals surface area contributed by atoms with Gasteiger partial charge in [0.05, 0.1) is 0 Å². The van der Waals surface area contributed by atoms with Crippen molar-refractivity contribution < 1.29 is 0 Å². The van der Waals surface area contributed by atoms with Gasteiger partial charge in [0.15, 0.2) is 0 Å². The van der Waals surface area contributed by atoms with Crippen molar-refractivity contribution in [1.82, 2.24) is 5.32 Å². The molecule has 0 aliphatic carbocycles. The highest BCUT2D eigenvalue weighted by Crippen LogP contribution is 2.08. The van der Waals surface area contributed by atoms with Crippen LogP contribution in [0.5, 0.6) is 0 Å². The van der Waals surface area contributed by atoms with Gasteiger partial charge in [0, 0.05) is 6.04 Å². The van der Waals surface area contributed by atoms with Crippen LogP contribution in [0.4, 0.5) is 0 Å². The van der Waals surface area contributed by atoms with E-state index in [0.29, 0.717) is 6.04 Å². The molecule has 0 aromatic carbocycles. The van der Waals surface area contributed by atoms with E-state index >= 15 is 0 Å². The van der Waals surface area contributed by atoms with Crippen LogP contribution in [0, 0.1) is 0 Å². The van der Waals surface area contributed by atoms with E-state index in [1.807, 2.05) is 6.08 Å². The average molecular weight is 197 g/mol. The summed E-state index contributed by atoms with van der Waals surface area (Å²) in [4.78, 5) is 0. The summed E-state index contributed by atoms with van der Waals surface area (Å²) in [7, 11) is 0. The maximum absolute atomic E-state index is 3.73. The number of rotatable bonds is 10. The SMILES string of the molecule is C=CCCCCCCCC(C)NCC. The fourth-order valence-electron chi connectivity index (χ4n) is 1.72. The molecule has 0 saturated carbocycles. The first-order valence-corrected chi connectivity index (χ1v) is 6.15. The lowest BCUT2D eigenvalue weighted by atomic mass is 10.1. The van der Waals surface area contributed by atoms with E-state index in [-0.39, 0.29) is 0 Å². The van der Waals surface area contributed by atoms with Gasteiger partial charge in [-0.05, 0) is 32.7 Å². The van der Waals surface area contributed by atoms with Crippen LogP contribution in [0.3, 0.4) is 0 Å². The van der Waals surface area contributed by atoms with Crippen LogP contribution in [0.25, 0.3) is 0 Å². The van der Waals surface area contributed by atoms with Gasteiger partial charge in [-0.2, -0.15) is 0 Å². The van der Waals surface area contributed by atoms with Crippen molar-refractivity contribution in [2.45, 2.75) is 64.8 Å². The third kappa shape index (κ3) is 9.79. The first-order chi connectivity index (χ1) is 6.81. The van der Waals surface area contributed by atoms with Crippen LogP contribution in [0.2, 0.25) is 0 Å². The maximum atomic E-state index is 3.73. The van der Waals surface area contributed by atoms with Crippen LogP contribution >= 0.6 is 0 Å². The Morgan fingerprint density at radius 1 is 1.14 bits per heavy atom. The zero-order valence-electron chi connectivity index (χ0n) is 10.0. The lowest BCUT2D eigenvalue weighted by Crippen LogP contribution is -2.25. The van der Waals surface area contributed by atoms with Crippen molar-refractivity contribution in [3.63, 3.8) is 0 Å². The normalized spacial score (nSPS) is 12.7. The monoisotopic (exact) mass is 197 g/mol. The minimum atomic E-state index is 0.702. The van der Waals surface area contributed by atoms with E-state index in [1.165, 1.54) is 44.9 Å². The largest absolute Gasteiger partial charge is 0.315 e. The maximum Gasteiger partial charge on any atom is 0.00386 e. The van der Waals surface area contributed by atoms with Crippen molar-refractivity contribution in [1.29, 1.82) is 0 Å². The highest BCUT2D eigenvalue weighted by molar-refractivity contribution is 4.65. The highest BCUT2D eigenvalue weighted by Gasteiger charge is 1.98. The first kappa shape index (κ1) is 13.7. The van der Waals surface area contributed by atoms with E-state index in [4.69, 9.17) is 0 Å². The van der Waals surface area contributed by atoms with Crippen LogP contribution in [0.1, 0.15) is 58.8 Å². The molecule has 0 aromatic rings. The van der Waals surface area contributed by atoms with E-state index in [2.05, 4.69) is 25.7 Å². The third-order valence-electron chi connectivity index (χ3n) is 2.60. The standard InChI is InChI=1S/C13H27N/c1-4-6-7-8-9-10-11-12-13(3)14-5-2/h4,13-14H,1,5-12H2,2-3H3. The Balaban J connectivity index is 3.01. The topological polar surface area (TPSA) is 12.0 Å². The molecule has 0 bridgehead atoms. The third-order valence-corrected chi connectivity index (χ3v) is 2.60. The first-order valence-electron chi connectivity index (χ1n) is 6.15. The van der Waals surface area contributed by atoms with Gasteiger partial charge in [0.2, 0.25) is 0 Å². The molecule has 84 valence electrons. The molecule has 0 aliphatic heterocycles. The Labute approximate surface area is 90.0 Å². The molecule has 0 rings (SSSR count). The number of allylic oxidation sites excluding steroid dienone is 1. The zero-order chi connectivity index (χ0) is 10.6.